The molecule has 1 atom stereocenters. The van der Waals surface area contributed by atoms with E-state index in [9.17, 15) is 0 Å². The van der Waals surface area contributed by atoms with Crippen LogP contribution in [0.3, 0.4) is 0 Å². The first kappa shape index (κ1) is 11.2. The molecule has 0 saturated carbocycles. The van der Waals surface area contributed by atoms with Gasteiger partial charge in [0, 0.05) is 11.7 Å². The van der Waals surface area contributed by atoms with Crippen molar-refractivity contribution in [3.05, 3.63) is 29.6 Å². The fourth-order valence-corrected chi connectivity index (χ4v) is 1.29. The smallest absolute Gasteiger partial charge is 0.0575 e. The van der Waals surface area contributed by atoms with Gasteiger partial charge in [-0.25, -0.2) is 0 Å². The van der Waals surface area contributed by atoms with Gasteiger partial charge in [-0.1, -0.05) is 19.9 Å². The third-order valence-electron chi connectivity index (χ3n) is 2.59. The second-order valence-electron chi connectivity index (χ2n) is 4.28. The van der Waals surface area contributed by atoms with Crippen molar-refractivity contribution in [3.8, 4) is 0 Å². The molecule has 2 heteroatoms. The van der Waals surface area contributed by atoms with E-state index >= 15 is 0 Å². The van der Waals surface area contributed by atoms with E-state index in [2.05, 4.69) is 62.9 Å². The van der Waals surface area contributed by atoms with Crippen molar-refractivity contribution in [2.45, 2.75) is 32.7 Å². The Bertz CT molecular complexity index is 292. The van der Waals surface area contributed by atoms with E-state index in [1.807, 2.05) is 0 Å². The lowest BCUT2D eigenvalue weighted by molar-refractivity contribution is 0.314. The van der Waals surface area contributed by atoms with Crippen LogP contribution in [0.1, 0.15) is 44.1 Å². The summed E-state index contributed by atoms with van der Waals surface area (Å²) in [5.41, 5.74) is 2.33. The standard InChI is InChI=1S/C12H20N2/c1-9(2)11-7-6-8-12(13-11)10(3)14(4)5/h6-10H,1-5H3/t10-/m0/s1. The summed E-state index contributed by atoms with van der Waals surface area (Å²) in [4.78, 5) is 6.82. The summed E-state index contributed by atoms with van der Waals surface area (Å²) < 4.78 is 0. The molecule has 1 aromatic heterocycles. The summed E-state index contributed by atoms with van der Waals surface area (Å²) in [7, 11) is 4.16. The molecule has 0 aliphatic carbocycles. The molecule has 0 amide bonds. The van der Waals surface area contributed by atoms with Crippen LogP contribution in [0.15, 0.2) is 18.2 Å². The van der Waals surface area contributed by atoms with Crippen LogP contribution in [0.2, 0.25) is 0 Å². The van der Waals surface area contributed by atoms with Crippen LogP contribution in [0.5, 0.6) is 0 Å². The zero-order chi connectivity index (χ0) is 10.7. The van der Waals surface area contributed by atoms with Crippen molar-refractivity contribution in [1.29, 1.82) is 0 Å². The van der Waals surface area contributed by atoms with Crippen LogP contribution >= 0.6 is 0 Å². The molecule has 0 aliphatic heterocycles. The lowest BCUT2D eigenvalue weighted by Gasteiger charge is -2.20. The second-order valence-corrected chi connectivity index (χ2v) is 4.28. The number of nitrogens with zero attached hydrogens (tertiary/aromatic N) is 2. The maximum atomic E-state index is 4.65. The summed E-state index contributed by atoms with van der Waals surface area (Å²) in [6, 6.07) is 6.67. The molecule has 78 valence electrons. The van der Waals surface area contributed by atoms with Crippen LogP contribution in [0.4, 0.5) is 0 Å². The number of hydrogen-bond donors (Lipinski definition) is 0. The van der Waals surface area contributed by atoms with Crippen LogP contribution in [-0.2, 0) is 0 Å². The highest BCUT2D eigenvalue weighted by molar-refractivity contribution is 5.16. The van der Waals surface area contributed by atoms with Crippen LogP contribution < -0.4 is 0 Å². The highest BCUT2D eigenvalue weighted by Crippen LogP contribution is 2.18. The highest BCUT2D eigenvalue weighted by Gasteiger charge is 2.10. The van der Waals surface area contributed by atoms with Gasteiger partial charge in [0.25, 0.3) is 0 Å². The number of rotatable bonds is 3. The van der Waals surface area contributed by atoms with E-state index < -0.39 is 0 Å². The minimum atomic E-state index is 0.383. The lowest BCUT2D eigenvalue weighted by atomic mass is 10.1. The predicted molar refractivity (Wildman–Crippen MR) is 60.4 cm³/mol. The molecule has 0 aliphatic rings. The molecule has 0 radical (unpaired) electrons. The van der Waals surface area contributed by atoms with Gasteiger partial charge < -0.3 is 4.90 Å². The van der Waals surface area contributed by atoms with Crippen molar-refractivity contribution >= 4 is 0 Å². The number of aromatic nitrogens is 1. The molecule has 0 spiro atoms. The third-order valence-corrected chi connectivity index (χ3v) is 2.59. The Kier molecular flexibility index (Phi) is 3.64. The molecule has 0 bridgehead atoms. The maximum Gasteiger partial charge on any atom is 0.0575 e. The predicted octanol–water partition coefficient (Wildman–Crippen LogP) is 2.83. The van der Waals surface area contributed by atoms with Crippen molar-refractivity contribution in [2.75, 3.05) is 14.1 Å². The van der Waals surface area contributed by atoms with E-state index in [4.69, 9.17) is 0 Å². The van der Waals surface area contributed by atoms with Gasteiger partial charge in [-0.3, -0.25) is 4.98 Å². The molecule has 1 heterocycles. The molecule has 0 fully saturated rings. The summed E-state index contributed by atoms with van der Waals surface area (Å²) >= 11 is 0. The van der Waals surface area contributed by atoms with Crippen LogP contribution in [0, 0.1) is 0 Å². The van der Waals surface area contributed by atoms with Gasteiger partial charge in [-0.15, -0.1) is 0 Å². The van der Waals surface area contributed by atoms with E-state index in [0.717, 1.165) is 5.69 Å². The Morgan fingerprint density at radius 1 is 1.07 bits per heavy atom. The fraction of sp³-hybridized carbons (Fsp3) is 0.583. The summed E-state index contributed by atoms with van der Waals surface area (Å²) in [6.07, 6.45) is 0. The van der Waals surface area contributed by atoms with E-state index in [1.165, 1.54) is 5.69 Å². The Morgan fingerprint density at radius 2 is 1.64 bits per heavy atom. The monoisotopic (exact) mass is 192 g/mol. The average Bonchev–Trinajstić information content (AvgIpc) is 2.16. The first-order chi connectivity index (χ1) is 6.52. The van der Waals surface area contributed by atoms with Crippen molar-refractivity contribution in [2.24, 2.45) is 0 Å². The summed E-state index contributed by atoms with van der Waals surface area (Å²) in [6.45, 7) is 6.52. The van der Waals surface area contributed by atoms with Crippen LogP contribution in [0.25, 0.3) is 0 Å². The molecular formula is C12H20N2. The van der Waals surface area contributed by atoms with E-state index in [0.29, 0.717) is 12.0 Å². The molecule has 0 aromatic carbocycles. The molecule has 2 nitrogen and oxygen atoms in total. The fourth-order valence-electron chi connectivity index (χ4n) is 1.29. The molecule has 1 rings (SSSR count). The molecular weight excluding hydrogens is 172 g/mol. The Balaban J connectivity index is 2.93. The van der Waals surface area contributed by atoms with Gasteiger partial charge in [0.05, 0.1) is 5.69 Å². The second kappa shape index (κ2) is 4.56. The average molecular weight is 192 g/mol. The zero-order valence-corrected chi connectivity index (χ0v) is 9.78. The van der Waals surface area contributed by atoms with Gasteiger partial charge >= 0.3 is 0 Å². The van der Waals surface area contributed by atoms with Gasteiger partial charge in [0.15, 0.2) is 0 Å². The topological polar surface area (TPSA) is 16.1 Å². The van der Waals surface area contributed by atoms with Crippen LogP contribution in [-0.4, -0.2) is 24.0 Å². The first-order valence-corrected chi connectivity index (χ1v) is 5.15. The third kappa shape index (κ3) is 2.55. The molecule has 1 aromatic rings. The summed E-state index contributed by atoms with van der Waals surface area (Å²) in [5, 5.41) is 0. The summed E-state index contributed by atoms with van der Waals surface area (Å²) in [5.74, 6) is 0.504. The number of hydrogen-bond acceptors (Lipinski definition) is 2. The lowest BCUT2D eigenvalue weighted by Crippen LogP contribution is -2.18. The zero-order valence-electron chi connectivity index (χ0n) is 9.78. The van der Waals surface area contributed by atoms with Crippen molar-refractivity contribution in [1.82, 2.24) is 9.88 Å². The molecule has 0 N–H and O–H groups in total. The molecule has 0 saturated heterocycles. The van der Waals surface area contributed by atoms with E-state index in [1.54, 1.807) is 0 Å². The minimum Gasteiger partial charge on any atom is -0.301 e. The quantitative estimate of drug-likeness (QED) is 0.732. The first-order valence-electron chi connectivity index (χ1n) is 5.15. The van der Waals surface area contributed by atoms with Crippen molar-refractivity contribution in [3.63, 3.8) is 0 Å². The van der Waals surface area contributed by atoms with E-state index in [-0.39, 0.29) is 0 Å². The van der Waals surface area contributed by atoms with Gasteiger partial charge in [-0.2, -0.15) is 0 Å². The SMILES string of the molecule is CC(C)c1cccc([C@H](C)N(C)C)n1. The number of pyridine rings is 1. The van der Waals surface area contributed by atoms with Crippen molar-refractivity contribution < 1.29 is 0 Å². The Hall–Kier alpha value is -0.890. The minimum absolute atomic E-state index is 0.383. The highest BCUT2D eigenvalue weighted by atomic mass is 15.1. The normalized spacial score (nSPS) is 13.6. The largest absolute Gasteiger partial charge is 0.301 e. The van der Waals surface area contributed by atoms with Gasteiger partial charge in [0.1, 0.15) is 0 Å². The Morgan fingerprint density at radius 3 is 2.14 bits per heavy atom. The molecule has 0 unspecified atom stereocenters. The van der Waals surface area contributed by atoms with Gasteiger partial charge in [-0.05, 0) is 39.1 Å². The molecule has 14 heavy (non-hydrogen) atoms. The maximum absolute atomic E-state index is 4.65. The Labute approximate surface area is 87.0 Å². The van der Waals surface area contributed by atoms with Gasteiger partial charge in [0.2, 0.25) is 0 Å².